The second-order valence-corrected chi connectivity index (χ2v) is 7.14. The van der Waals surface area contributed by atoms with Gasteiger partial charge in [-0.2, -0.15) is 0 Å². The maximum atomic E-state index is 13.9. The van der Waals surface area contributed by atoms with Crippen LogP contribution >= 0.6 is 0 Å². The third kappa shape index (κ3) is 4.86. The molecule has 0 spiro atoms. The molecule has 1 saturated heterocycles. The van der Waals surface area contributed by atoms with Crippen molar-refractivity contribution in [2.24, 2.45) is 4.99 Å². The highest BCUT2D eigenvalue weighted by atomic mass is 19.1. The van der Waals surface area contributed by atoms with Gasteiger partial charge in [0.05, 0.1) is 12.3 Å². The van der Waals surface area contributed by atoms with Crippen LogP contribution in [0.25, 0.3) is 0 Å². The first kappa shape index (κ1) is 19.7. The molecule has 0 saturated carbocycles. The van der Waals surface area contributed by atoms with Crippen molar-refractivity contribution < 1.29 is 18.4 Å². The summed E-state index contributed by atoms with van der Waals surface area (Å²) in [5.41, 5.74) is 2.56. The molecule has 2 aromatic rings. The first-order valence-electron chi connectivity index (χ1n) is 9.82. The van der Waals surface area contributed by atoms with Gasteiger partial charge in [0.25, 0.3) is 0 Å². The van der Waals surface area contributed by atoms with Crippen LogP contribution in [0, 0.1) is 5.82 Å². The Hall–Kier alpha value is -2.65. The summed E-state index contributed by atoms with van der Waals surface area (Å²) in [4.78, 5) is 9.00. The molecule has 0 unspecified atom stereocenters. The summed E-state index contributed by atoms with van der Waals surface area (Å²) in [6.07, 6.45) is 2.25. The first-order chi connectivity index (χ1) is 14.2. The smallest absolute Gasteiger partial charge is 0.193 e. The average molecular weight is 403 g/mol. The summed E-state index contributed by atoms with van der Waals surface area (Å²) in [5, 5.41) is 7.37. The highest BCUT2D eigenvalue weighted by Gasteiger charge is 2.21. The fourth-order valence-corrected chi connectivity index (χ4v) is 3.75. The Morgan fingerprint density at radius 2 is 2.14 bits per heavy atom. The number of fused-ring (bicyclic) bond motifs is 1. The normalized spacial score (nSPS) is 17.7. The van der Waals surface area contributed by atoms with Gasteiger partial charge >= 0.3 is 0 Å². The summed E-state index contributed by atoms with van der Waals surface area (Å²) >= 11 is 0. The van der Waals surface area contributed by atoms with E-state index in [-0.39, 0.29) is 12.6 Å². The number of halogens is 1. The predicted octanol–water partition coefficient (Wildman–Crippen LogP) is 1.62. The van der Waals surface area contributed by atoms with Gasteiger partial charge in [-0.05, 0) is 24.1 Å². The average Bonchev–Trinajstić information content (AvgIpc) is 3.25. The monoisotopic (exact) mass is 403 g/mol. The Labute approximate surface area is 169 Å². The van der Waals surface area contributed by atoms with E-state index in [0.717, 1.165) is 61.3 Å². The van der Waals surface area contributed by atoms with Gasteiger partial charge in [0, 0.05) is 57.9 Å². The van der Waals surface area contributed by atoms with Crippen LogP contribution in [-0.4, -0.2) is 67.5 Å². The van der Waals surface area contributed by atoms with Crippen molar-refractivity contribution in [2.45, 2.75) is 19.6 Å². The number of nitrogens with one attached hydrogen (secondary N) is 1. The summed E-state index contributed by atoms with van der Waals surface area (Å²) in [6, 6.07) is 4.91. The highest BCUT2D eigenvalue weighted by Crippen LogP contribution is 2.29. The van der Waals surface area contributed by atoms with Crippen LogP contribution in [0.3, 0.4) is 0 Å². The first-order valence-corrected chi connectivity index (χ1v) is 9.82. The molecule has 0 amide bonds. The maximum absolute atomic E-state index is 13.9. The summed E-state index contributed by atoms with van der Waals surface area (Å²) in [5.74, 6) is 1.34. The predicted molar refractivity (Wildman–Crippen MR) is 105 cm³/mol. The molecular weight excluding hydrogens is 377 g/mol. The lowest BCUT2D eigenvalue weighted by molar-refractivity contribution is -0.0172. The number of rotatable bonds is 5. The Kier molecular flexibility index (Phi) is 6.26. The largest absolute Gasteiger partial charge is 0.467 e. The van der Waals surface area contributed by atoms with Gasteiger partial charge in [0.2, 0.25) is 0 Å². The van der Waals surface area contributed by atoms with Gasteiger partial charge in [-0.3, -0.25) is 9.89 Å². The Morgan fingerprint density at radius 3 is 2.90 bits per heavy atom. The molecule has 8 nitrogen and oxygen atoms in total. The van der Waals surface area contributed by atoms with Crippen LogP contribution in [0.5, 0.6) is 5.75 Å². The molecule has 2 aliphatic rings. The molecule has 0 bridgehead atoms. The molecule has 2 aliphatic heterocycles. The second kappa shape index (κ2) is 9.23. The lowest BCUT2D eigenvalue weighted by atomic mass is 10.1. The van der Waals surface area contributed by atoms with Crippen molar-refractivity contribution in [1.29, 1.82) is 0 Å². The topological polar surface area (TPSA) is 75.4 Å². The molecule has 1 aromatic carbocycles. The molecular formula is C20H26FN5O3. The van der Waals surface area contributed by atoms with Crippen molar-refractivity contribution in [2.75, 3.05) is 46.6 Å². The van der Waals surface area contributed by atoms with Crippen molar-refractivity contribution in [3.05, 3.63) is 47.1 Å². The molecule has 9 heteroatoms. The SMILES string of the molecule is CN=C(NCCc1cc(F)cc2c1OCOC2)N1CCN(Cc2ccon2)CC1. The minimum absolute atomic E-state index is 0.208. The van der Waals surface area contributed by atoms with Crippen LogP contribution in [0.2, 0.25) is 0 Å². The molecule has 1 aromatic heterocycles. The molecule has 4 rings (SSSR count). The van der Waals surface area contributed by atoms with Gasteiger partial charge in [-0.15, -0.1) is 0 Å². The van der Waals surface area contributed by atoms with E-state index in [4.69, 9.17) is 14.0 Å². The van der Waals surface area contributed by atoms with Gasteiger partial charge in [-0.1, -0.05) is 5.16 Å². The van der Waals surface area contributed by atoms with Gasteiger partial charge in [0.1, 0.15) is 17.8 Å². The van der Waals surface area contributed by atoms with E-state index in [9.17, 15) is 4.39 Å². The van der Waals surface area contributed by atoms with E-state index in [2.05, 4.69) is 25.3 Å². The van der Waals surface area contributed by atoms with Crippen LogP contribution < -0.4 is 10.1 Å². The molecule has 0 atom stereocenters. The van der Waals surface area contributed by atoms with Crippen molar-refractivity contribution in [3.63, 3.8) is 0 Å². The zero-order valence-corrected chi connectivity index (χ0v) is 16.6. The lowest BCUT2D eigenvalue weighted by Crippen LogP contribution is -2.52. The number of aliphatic imine (C=N–C) groups is 1. The number of hydrogen-bond acceptors (Lipinski definition) is 6. The summed E-state index contributed by atoms with van der Waals surface area (Å²) in [6.45, 7) is 5.65. The molecule has 1 N–H and O–H groups in total. The molecule has 0 radical (unpaired) electrons. The number of guanidine groups is 1. The van der Waals surface area contributed by atoms with Crippen LogP contribution in [0.15, 0.2) is 34.0 Å². The van der Waals surface area contributed by atoms with E-state index in [1.807, 2.05) is 6.07 Å². The molecule has 156 valence electrons. The van der Waals surface area contributed by atoms with Gasteiger partial charge in [-0.25, -0.2) is 4.39 Å². The fourth-order valence-electron chi connectivity index (χ4n) is 3.75. The van der Waals surface area contributed by atoms with E-state index in [0.29, 0.717) is 19.6 Å². The molecule has 0 aliphatic carbocycles. The van der Waals surface area contributed by atoms with E-state index in [1.54, 1.807) is 13.3 Å². The van der Waals surface area contributed by atoms with Crippen molar-refractivity contribution >= 4 is 5.96 Å². The lowest BCUT2D eigenvalue weighted by Gasteiger charge is -2.36. The minimum atomic E-state index is -0.263. The zero-order valence-electron chi connectivity index (χ0n) is 16.6. The fraction of sp³-hybridized carbons (Fsp3) is 0.500. The Morgan fingerprint density at radius 1 is 1.28 bits per heavy atom. The van der Waals surface area contributed by atoms with Crippen LogP contribution in [-0.2, 0) is 24.3 Å². The van der Waals surface area contributed by atoms with Crippen LogP contribution in [0.4, 0.5) is 4.39 Å². The van der Waals surface area contributed by atoms with Crippen LogP contribution in [0.1, 0.15) is 16.8 Å². The third-order valence-electron chi connectivity index (χ3n) is 5.19. The Balaban J connectivity index is 1.28. The van der Waals surface area contributed by atoms with Crippen molar-refractivity contribution in [3.8, 4) is 5.75 Å². The second-order valence-electron chi connectivity index (χ2n) is 7.14. The maximum Gasteiger partial charge on any atom is 0.193 e. The Bertz CT molecular complexity index is 835. The van der Waals surface area contributed by atoms with E-state index in [1.165, 1.54) is 12.1 Å². The van der Waals surface area contributed by atoms with Crippen molar-refractivity contribution in [1.82, 2.24) is 20.3 Å². The molecule has 29 heavy (non-hydrogen) atoms. The number of nitrogens with zero attached hydrogens (tertiary/aromatic N) is 4. The highest BCUT2D eigenvalue weighted by molar-refractivity contribution is 5.80. The number of piperazine rings is 1. The molecule has 1 fully saturated rings. The molecule has 3 heterocycles. The zero-order chi connectivity index (χ0) is 20.1. The van der Waals surface area contributed by atoms with Gasteiger partial charge < -0.3 is 24.2 Å². The summed E-state index contributed by atoms with van der Waals surface area (Å²) < 4.78 is 29.6. The minimum Gasteiger partial charge on any atom is -0.467 e. The van der Waals surface area contributed by atoms with E-state index < -0.39 is 0 Å². The van der Waals surface area contributed by atoms with E-state index >= 15 is 0 Å². The van der Waals surface area contributed by atoms with Gasteiger partial charge in [0.15, 0.2) is 12.8 Å². The number of ether oxygens (including phenoxy) is 2. The number of aromatic nitrogens is 1. The number of hydrogen-bond donors (Lipinski definition) is 1. The summed E-state index contributed by atoms with van der Waals surface area (Å²) in [7, 11) is 1.79. The number of benzene rings is 1. The quantitative estimate of drug-likeness (QED) is 0.601. The third-order valence-corrected chi connectivity index (χ3v) is 5.19. The standard InChI is InChI=1S/C20H26FN5O3/c1-22-20(26-7-5-25(6-8-26)12-18-3-9-29-24-18)23-4-2-15-10-17(21)11-16-13-27-14-28-19(15)16/h3,9-11H,2,4-8,12-14H2,1H3,(H,22,23).